The quantitative estimate of drug-likeness (QED) is 0.582. The molecular formula is C22H29N3O5S. The predicted molar refractivity (Wildman–Crippen MR) is 115 cm³/mol. The van der Waals surface area contributed by atoms with Gasteiger partial charge in [0, 0.05) is 44.5 Å². The first-order chi connectivity index (χ1) is 14.9. The molecule has 0 aromatic heterocycles. The first-order valence-corrected chi connectivity index (χ1v) is 12.2. The van der Waals surface area contributed by atoms with Gasteiger partial charge in [-0.3, -0.25) is 9.59 Å². The maximum absolute atomic E-state index is 12.9. The topological polar surface area (TPSA) is 105 Å². The van der Waals surface area contributed by atoms with Crippen LogP contribution in [0.1, 0.15) is 29.6 Å². The number of piperidine rings is 1. The molecule has 2 heterocycles. The molecule has 2 N–H and O–H groups in total. The molecule has 2 amide bonds. The number of benzene rings is 1. The molecule has 0 spiro atoms. The van der Waals surface area contributed by atoms with E-state index in [0.29, 0.717) is 31.1 Å². The third-order valence-electron chi connectivity index (χ3n) is 6.59. The first-order valence-electron chi connectivity index (χ1n) is 10.8. The van der Waals surface area contributed by atoms with Crippen molar-refractivity contribution in [3.05, 3.63) is 42.5 Å². The molecule has 8 nitrogen and oxygen atoms in total. The highest BCUT2D eigenvalue weighted by Crippen LogP contribution is 2.47. The summed E-state index contributed by atoms with van der Waals surface area (Å²) in [4.78, 5) is 24.0. The van der Waals surface area contributed by atoms with Crippen LogP contribution in [0.4, 0.5) is 0 Å². The number of amides is 2. The van der Waals surface area contributed by atoms with Crippen LogP contribution < -0.4 is 10.6 Å². The predicted octanol–water partition coefficient (Wildman–Crippen LogP) is 1.15. The van der Waals surface area contributed by atoms with E-state index < -0.39 is 10.0 Å². The van der Waals surface area contributed by atoms with E-state index in [4.69, 9.17) is 4.74 Å². The van der Waals surface area contributed by atoms with Crippen molar-refractivity contribution in [1.29, 1.82) is 0 Å². The van der Waals surface area contributed by atoms with Gasteiger partial charge in [-0.15, -0.1) is 0 Å². The molecule has 3 aliphatic rings. The number of rotatable bonds is 8. The summed E-state index contributed by atoms with van der Waals surface area (Å²) in [6, 6.07) is 6.12. The third-order valence-corrected chi connectivity index (χ3v) is 8.43. The van der Waals surface area contributed by atoms with Gasteiger partial charge in [-0.05, 0) is 67.4 Å². The number of sulfonamides is 1. The van der Waals surface area contributed by atoms with Crippen LogP contribution in [0.5, 0.6) is 0 Å². The Kier molecular flexibility index (Phi) is 6.45. The molecule has 1 saturated carbocycles. The number of fused-ring (bicyclic) bond motifs is 1. The normalized spacial score (nSPS) is 26.1. The van der Waals surface area contributed by atoms with E-state index >= 15 is 0 Å². The van der Waals surface area contributed by atoms with Crippen LogP contribution >= 0.6 is 0 Å². The monoisotopic (exact) mass is 447 g/mol. The highest BCUT2D eigenvalue weighted by atomic mass is 32.2. The number of hydrogen-bond donors (Lipinski definition) is 2. The van der Waals surface area contributed by atoms with Crippen LogP contribution in [-0.2, 0) is 19.6 Å². The van der Waals surface area contributed by atoms with Gasteiger partial charge in [-0.25, -0.2) is 8.42 Å². The molecule has 1 aromatic carbocycles. The summed E-state index contributed by atoms with van der Waals surface area (Å²) < 4.78 is 32.7. The van der Waals surface area contributed by atoms with E-state index in [0.717, 1.165) is 32.5 Å². The SMILES string of the molecule is C=CC(=O)NC1C2CN(S(=O)(=O)c3ccc(C(=O)NCCC4CCOCC4)cc3)CC21. The van der Waals surface area contributed by atoms with Crippen LogP contribution in [0.2, 0.25) is 0 Å². The average molecular weight is 448 g/mol. The van der Waals surface area contributed by atoms with Crippen LogP contribution in [0.15, 0.2) is 41.8 Å². The molecule has 2 unspecified atom stereocenters. The minimum atomic E-state index is -3.62. The molecule has 2 saturated heterocycles. The Morgan fingerprint density at radius 2 is 1.77 bits per heavy atom. The van der Waals surface area contributed by atoms with Crippen molar-refractivity contribution < 1.29 is 22.7 Å². The second-order valence-electron chi connectivity index (χ2n) is 8.51. The van der Waals surface area contributed by atoms with Crippen LogP contribution in [0.3, 0.4) is 0 Å². The molecule has 3 fully saturated rings. The summed E-state index contributed by atoms with van der Waals surface area (Å²) in [7, 11) is -3.62. The van der Waals surface area contributed by atoms with Gasteiger partial charge < -0.3 is 15.4 Å². The highest BCUT2D eigenvalue weighted by molar-refractivity contribution is 7.89. The van der Waals surface area contributed by atoms with E-state index in [-0.39, 0.29) is 34.6 Å². The van der Waals surface area contributed by atoms with Crippen molar-refractivity contribution in [1.82, 2.24) is 14.9 Å². The van der Waals surface area contributed by atoms with Crippen molar-refractivity contribution in [3.8, 4) is 0 Å². The molecule has 0 bridgehead atoms. The van der Waals surface area contributed by atoms with Gasteiger partial charge in [0.1, 0.15) is 0 Å². The zero-order valence-corrected chi connectivity index (χ0v) is 18.3. The summed E-state index contributed by atoms with van der Waals surface area (Å²) in [6.45, 7) is 6.40. The molecule has 1 aromatic rings. The van der Waals surface area contributed by atoms with Gasteiger partial charge in [-0.1, -0.05) is 6.58 Å². The standard InChI is InChI=1S/C22H29N3O5S/c1-2-20(26)24-21-18-13-25(14-19(18)21)31(28,29)17-5-3-16(4-6-17)22(27)23-10-7-15-8-11-30-12-9-15/h2-6,15,18-19,21H,1,7-14H2,(H,23,27)(H,24,26). The summed E-state index contributed by atoms with van der Waals surface area (Å²) in [5.74, 6) is 0.464. The van der Waals surface area contributed by atoms with Gasteiger partial charge in [0.2, 0.25) is 15.9 Å². The summed E-state index contributed by atoms with van der Waals surface area (Å²) in [5.41, 5.74) is 0.447. The van der Waals surface area contributed by atoms with Gasteiger partial charge in [0.25, 0.3) is 5.91 Å². The second-order valence-corrected chi connectivity index (χ2v) is 10.5. The number of ether oxygens (including phenoxy) is 1. The number of nitrogens with zero attached hydrogens (tertiary/aromatic N) is 1. The summed E-state index contributed by atoms with van der Waals surface area (Å²) >= 11 is 0. The zero-order chi connectivity index (χ0) is 22.0. The third kappa shape index (κ3) is 4.83. The van der Waals surface area contributed by atoms with Crippen molar-refractivity contribution >= 4 is 21.8 Å². The Morgan fingerprint density at radius 1 is 1.13 bits per heavy atom. The molecule has 4 rings (SSSR count). The molecule has 168 valence electrons. The Balaban J connectivity index is 1.28. The largest absolute Gasteiger partial charge is 0.381 e. The maximum Gasteiger partial charge on any atom is 0.251 e. The van der Waals surface area contributed by atoms with Crippen molar-refractivity contribution in [3.63, 3.8) is 0 Å². The number of nitrogens with one attached hydrogen (secondary N) is 2. The summed E-state index contributed by atoms with van der Waals surface area (Å²) in [6.07, 6.45) is 4.21. The van der Waals surface area contributed by atoms with E-state index in [1.54, 1.807) is 12.1 Å². The Morgan fingerprint density at radius 3 is 2.39 bits per heavy atom. The lowest BCUT2D eigenvalue weighted by molar-refractivity contribution is -0.116. The first kappa shape index (κ1) is 22.0. The fourth-order valence-electron chi connectivity index (χ4n) is 4.58. The second kappa shape index (κ2) is 9.10. The Hall–Kier alpha value is -2.23. The Labute approximate surface area is 183 Å². The molecule has 0 radical (unpaired) electrons. The van der Waals surface area contributed by atoms with E-state index in [1.165, 1.54) is 22.5 Å². The minimum Gasteiger partial charge on any atom is -0.381 e. The van der Waals surface area contributed by atoms with Gasteiger partial charge >= 0.3 is 0 Å². The van der Waals surface area contributed by atoms with E-state index in [2.05, 4.69) is 17.2 Å². The fraction of sp³-hybridized carbons (Fsp3) is 0.545. The lowest BCUT2D eigenvalue weighted by Crippen LogP contribution is -2.37. The molecule has 2 aliphatic heterocycles. The number of carbonyl (C=O) groups excluding carboxylic acids is 2. The molecule has 9 heteroatoms. The molecule has 1 aliphatic carbocycles. The smallest absolute Gasteiger partial charge is 0.251 e. The van der Waals surface area contributed by atoms with Crippen LogP contribution in [0.25, 0.3) is 0 Å². The number of hydrogen-bond acceptors (Lipinski definition) is 5. The van der Waals surface area contributed by atoms with Gasteiger partial charge in [0.05, 0.1) is 4.90 Å². The maximum atomic E-state index is 12.9. The lowest BCUT2D eigenvalue weighted by Gasteiger charge is -2.22. The molecule has 2 atom stereocenters. The van der Waals surface area contributed by atoms with Gasteiger partial charge in [0.15, 0.2) is 0 Å². The van der Waals surface area contributed by atoms with E-state index in [9.17, 15) is 18.0 Å². The van der Waals surface area contributed by atoms with Crippen molar-refractivity contribution in [2.45, 2.75) is 30.2 Å². The molecular weight excluding hydrogens is 418 g/mol. The van der Waals surface area contributed by atoms with Gasteiger partial charge in [-0.2, -0.15) is 4.31 Å². The minimum absolute atomic E-state index is 0.0316. The highest BCUT2D eigenvalue weighted by Gasteiger charge is 2.58. The van der Waals surface area contributed by atoms with Crippen LogP contribution in [-0.4, -0.2) is 63.4 Å². The molecule has 31 heavy (non-hydrogen) atoms. The average Bonchev–Trinajstić information content (AvgIpc) is 3.20. The Bertz CT molecular complexity index is 928. The van der Waals surface area contributed by atoms with Crippen molar-refractivity contribution in [2.24, 2.45) is 17.8 Å². The lowest BCUT2D eigenvalue weighted by atomic mass is 9.97. The number of carbonyl (C=O) groups is 2. The fourth-order valence-corrected chi connectivity index (χ4v) is 6.09. The van der Waals surface area contributed by atoms with Crippen LogP contribution in [0, 0.1) is 17.8 Å². The zero-order valence-electron chi connectivity index (χ0n) is 17.5. The van der Waals surface area contributed by atoms with Crippen molar-refractivity contribution in [2.75, 3.05) is 32.8 Å². The summed E-state index contributed by atoms with van der Waals surface area (Å²) in [5, 5.41) is 5.76. The van der Waals surface area contributed by atoms with E-state index in [1.807, 2.05) is 0 Å².